The lowest BCUT2D eigenvalue weighted by Crippen LogP contribution is -2.69. The molecule has 4 aromatic rings. The molecule has 0 bridgehead atoms. The second-order valence-corrected chi connectivity index (χ2v) is 11.2. The molecule has 188 valence electrons. The number of likely N-dealkylation sites (tertiary alicyclic amines) is 1. The van der Waals surface area contributed by atoms with Gasteiger partial charge in [0.1, 0.15) is 11.9 Å². The SMILES string of the molecule is CC(C)C(NC(=O)c1ccc2[nH]nc(-c3ccc(OC4CC5N(C)C6CC456)cc3)c2c1)c1ccccn1. The van der Waals surface area contributed by atoms with Crippen molar-refractivity contribution in [3.05, 3.63) is 78.1 Å². The summed E-state index contributed by atoms with van der Waals surface area (Å²) in [6.07, 6.45) is 4.51. The van der Waals surface area contributed by atoms with Crippen molar-refractivity contribution in [2.45, 2.75) is 50.9 Å². The summed E-state index contributed by atoms with van der Waals surface area (Å²) >= 11 is 0. The summed E-state index contributed by atoms with van der Waals surface area (Å²) in [5, 5.41) is 11.8. The third-order valence-corrected chi connectivity index (χ3v) is 8.84. The zero-order chi connectivity index (χ0) is 25.3. The molecule has 2 aromatic heterocycles. The lowest BCUT2D eigenvalue weighted by molar-refractivity contribution is -0.136. The molecular formula is C30H31N5O2. The maximum absolute atomic E-state index is 13.2. The lowest BCUT2D eigenvalue weighted by Gasteiger charge is -2.58. The van der Waals surface area contributed by atoms with Gasteiger partial charge in [-0.3, -0.25) is 19.8 Å². The van der Waals surface area contributed by atoms with Crippen molar-refractivity contribution in [1.82, 2.24) is 25.4 Å². The molecule has 3 aliphatic rings. The van der Waals surface area contributed by atoms with Gasteiger partial charge < -0.3 is 10.1 Å². The van der Waals surface area contributed by atoms with Crippen LogP contribution >= 0.6 is 0 Å². The van der Waals surface area contributed by atoms with Crippen LogP contribution in [-0.4, -0.2) is 51.2 Å². The van der Waals surface area contributed by atoms with E-state index < -0.39 is 0 Å². The number of carbonyl (C=O) groups excluding carboxylic acids is 1. The highest BCUT2D eigenvalue weighted by molar-refractivity contribution is 6.01. The molecule has 7 rings (SSSR count). The molecule has 3 heterocycles. The van der Waals surface area contributed by atoms with Gasteiger partial charge in [-0.15, -0.1) is 0 Å². The molecular weight excluding hydrogens is 462 g/mol. The highest BCUT2D eigenvalue weighted by Crippen LogP contribution is 2.73. The van der Waals surface area contributed by atoms with Gasteiger partial charge in [0, 0.05) is 46.6 Å². The Kier molecular flexibility index (Phi) is 4.95. The Balaban J connectivity index is 1.10. The Hall–Kier alpha value is -3.71. The summed E-state index contributed by atoms with van der Waals surface area (Å²) in [4.78, 5) is 20.2. The van der Waals surface area contributed by atoms with E-state index in [9.17, 15) is 4.79 Å². The van der Waals surface area contributed by atoms with Crippen molar-refractivity contribution < 1.29 is 9.53 Å². The monoisotopic (exact) mass is 493 g/mol. The number of amides is 1. The van der Waals surface area contributed by atoms with E-state index in [0.29, 0.717) is 17.1 Å². The van der Waals surface area contributed by atoms with E-state index in [4.69, 9.17) is 4.74 Å². The van der Waals surface area contributed by atoms with Gasteiger partial charge >= 0.3 is 0 Å². The molecule has 2 N–H and O–H groups in total. The molecule has 0 radical (unpaired) electrons. The number of pyridine rings is 1. The predicted molar refractivity (Wildman–Crippen MR) is 142 cm³/mol. The van der Waals surface area contributed by atoms with Crippen LogP contribution in [0, 0.1) is 11.3 Å². The average molecular weight is 494 g/mol. The van der Waals surface area contributed by atoms with Crippen molar-refractivity contribution in [2.24, 2.45) is 11.3 Å². The van der Waals surface area contributed by atoms with Gasteiger partial charge in [0.25, 0.3) is 5.91 Å². The Labute approximate surface area is 216 Å². The summed E-state index contributed by atoms with van der Waals surface area (Å²) < 4.78 is 6.37. The molecule has 5 atom stereocenters. The summed E-state index contributed by atoms with van der Waals surface area (Å²) in [5.74, 6) is 0.991. The van der Waals surface area contributed by atoms with E-state index in [2.05, 4.69) is 58.4 Å². The highest BCUT2D eigenvalue weighted by atomic mass is 16.5. The van der Waals surface area contributed by atoms with E-state index in [-0.39, 0.29) is 17.9 Å². The van der Waals surface area contributed by atoms with Crippen LogP contribution in [0.5, 0.6) is 5.75 Å². The van der Waals surface area contributed by atoms with Gasteiger partial charge in [0.15, 0.2) is 0 Å². The highest BCUT2D eigenvalue weighted by Gasteiger charge is 2.81. The predicted octanol–water partition coefficient (Wildman–Crippen LogP) is 4.98. The zero-order valence-electron chi connectivity index (χ0n) is 21.3. The summed E-state index contributed by atoms with van der Waals surface area (Å²) in [7, 11) is 2.23. The number of benzene rings is 2. The van der Waals surface area contributed by atoms with Crippen LogP contribution in [0.2, 0.25) is 0 Å². The number of H-pyrrole nitrogens is 1. The number of hydrogen-bond donors (Lipinski definition) is 2. The van der Waals surface area contributed by atoms with Gasteiger partial charge in [-0.1, -0.05) is 19.9 Å². The van der Waals surface area contributed by atoms with E-state index in [0.717, 1.165) is 52.1 Å². The first-order chi connectivity index (χ1) is 18.0. The number of piperidine rings is 1. The third-order valence-electron chi connectivity index (χ3n) is 8.84. The standard InChI is InChI=1S/C30H31N5O2/c1-17(2)27(23-6-4-5-13-31-23)32-29(36)19-9-12-22-21(14-19)28(34-33-22)18-7-10-20(11-8-18)37-26-15-24-30(26)16-25(30)35(24)3/h4-14,17,24-27H,15-16H2,1-3H3,(H,32,36)(H,33,34). The third kappa shape index (κ3) is 3.40. The Bertz CT molecular complexity index is 1480. The molecule has 5 unspecified atom stereocenters. The first kappa shape index (κ1) is 22.5. The van der Waals surface area contributed by atoms with Crippen LogP contribution in [-0.2, 0) is 0 Å². The Morgan fingerprint density at radius 1 is 1.14 bits per heavy atom. The lowest BCUT2D eigenvalue weighted by atomic mass is 9.66. The van der Waals surface area contributed by atoms with E-state index in [1.54, 1.807) is 6.20 Å². The molecule has 37 heavy (non-hydrogen) atoms. The summed E-state index contributed by atoms with van der Waals surface area (Å²) in [6, 6.07) is 20.9. The molecule has 1 aliphatic heterocycles. The van der Waals surface area contributed by atoms with E-state index in [1.165, 1.54) is 6.42 Å². The van der Waals surface area contributed by atoms with Crippen molar-refractivity contribution >= 4 is 16.8 Å². The topological polar surface area (TPSA) is 83.1 Å². The second-order valence-electron chi connectivity index (χ2n) is 11.2. The Morgan fingerprint density at radius 3 is 2.68 bits per heavy atom. The number of ether oxygens (including phenoxy) is 1. The average Bonchev–Trinajstić information content (AvgIpc) is 3.54. The fraction of sp³-hybridized carbons (Fsp3) is 0.367. The van der Waals surface area contributed by atoms with Gasteiger partial charge in [-0.2, -0.15) is 5.10 Å². The van der Waals surface area contributed by atoms with Gasteiger partial charge in [-0.25, -0.2) is 0 Å². The quantitative estimate of drug-likeness (QED) is 0.380. The minimum absolute atomic E-state index is 0.125. The number of aromatic nitrogens is 3. The summed E-state index contributed by atoms with van der Waals surface area (Å²) in [6.45, 7) is 4.17. The smallest absolute Gasteiger partial charge is 0.251 e. The van der Waals surface area contributed by atoms with Gasteiger partial charge in [-0.05, 0) is 74.0 Å². The number of fused-ring (bicyclic) bond motifs is 1. The van der Waals surface area contributed by atoms with Crippen molar-refractivity contribution in [1.29, 1.82) is 0 Å². The van der Waals surface area contributed by atoms with Crippen molar-refractivity contribution in [2.75, 3.05) is 7.05 Å². The summed E-state index contributed by atoms with van der Waals surface area (Å²) in [5.41, 5.74) is 4.60. The van der Waals surface area contributed by atoms with Crippen molar-refractivity contribution in [3.8, 4) is 17.0 Å². The minimum Gasteiger partial charge on any atom is -0.490 e. The molecule has 2 saturated carbocycles. The van der Waals surface area contributed by atoms with E-state index >= 15 is 0 Å². The van der Waals surface area contributed by atoms with Crippen LogP contribution in [0.15, 0.2) is 66.9 Å². The number of nitrogens with zero attached hydrogens (tertiary/aromatic N) is 3. The van der Waals surface area contributed by atoms with Crippen LogP contribution in [0.1, 0.15) is 48.8 Å². The molecule has 1 spiro atoms. The largest absolute Gasteiger partial charge is 0.490 e. The normalized spacial score (nSPS) is 26.5. The zero-order valence-corrected chi connectivity index (χ0v) is 21.3. The van der Waals surface area contributed by atoms with Crippen molar-refractivity contribution in [3.63, 3.8) is 0 Å². The molecule has 1 saturated heterocycles. The first-order valence-electron chi connectivity index (χ1n) is 13.1. The molecule has 2 aromatic carbocycles. The first-order valence-corrected chi connectivity index (χ1v) is 13.1. The van der Waals surface area contributed by atoms with Crippen LogP contribution < -0.4 is 10.1 Å². The number of hydrogen-bond acceptors (Lipinski definition) is 5. The number of rotatable bonds is 7. The Morgan fingerprint density at radius 2 is 1.97 bits per heavy atom. The maximum Gasteiger partial charge on any atom is 0.251 e. The molecule has 7 heteroatoms. The molecule has 2 aliphatic carbocycles. The molecule has 1 amide bonds. The minimum atomic E-state index is -0.169. The van der Waals surface area contributed by atoms with Crippen LogP contribution in [0.4, 0.5) is 0 Å². The fourth-order valence-corrected chi connectivity index (χ4v) is 6.63. The number of carbonyl (C=O) groups is 1. The number of aromatic amines is 1. The molecule has 3 fully saturated rings. The van der Waals surface area contributed by atoms with Crippen LogP contribution in [0.25, 0.3) is 22.2 Å². The van der Waals surface area contributed by atoms with Crippen LogP contribution in [0.3, 0.4) is 0 Å². The van der Waals surface area contributed by atoms with E-state index in [1.807, 2.05) is 48.5 Å². The molecule has 7 nitrogen and oxygen atoms in total. The fourth-order valence-electron chi connectivity index (χ4n) is 6.63. The van der Waals surface area contributed by atoms with Gasteiger partial charge in [0.05, 0.1) is 22.9 Å². The number of nitrogens with one attached hydrogen (secondary N) is 2. The second kappa shape index (κ2) is 8.15. The maximum atomic E-state index is 13.2. The van der Waals surface area contributed by atoms with Gasteiger partial charge in [0.2, 0.25) is 0 Å².